The topological polar surface area (TPSA) is 58.6 Å². The van der Waals surface area contributed by atoms with Gasteiger partial charge in [0.25, 0.3) is 5.91 Å². The molecule has 0 heterocycles. The van der Waals surface area contributed by atoms with Crippen molar-refractivity contribution < 1.29 is 14.3 Å². The van der Waals surface area contributed by atoms with E-state index < -0.39 is 6.04 Å². The van der Waals surface area contributed by atoms with Crippen molar-refractivity contribution in [3.63, 3.8) is 0 Å². The van der Waals surface area contributed by atoms with Crippen molar-refractivity contribution in [2.45, 2.75) is 66.6 Å². The SMILES string of the molecule is CC[C@@H](C)NC(=O)[C@H](C)N(Cc1cccc(C)c1)C(=O)COc1ccc(C)c(C)c1. The first-order chi connectivity index (χ1) is 14.2. The minimum atomic E-state index is -0.602. The largest absolute Gasteiger partial charge is 0.484 e. The average Bonchev–Trinajstić information content (AvgIpc) is 2.72. The second-order valence-corrected chi connectivity index (χ2v) is 8.04. The number of rotatable bonds is 9. The van der Waals surface area contributed by atoms with Gasteiger partial charge in [-0.1, -0.05) is 42.8 Å². The van der Waals surface area contributed by atoms with Crippen molar-refractivity contribution in [3.8, 4) is 5.75 Å². The highest BCUT2D eigenvalue weighted by molar-refractivity contribution is 5.88. The van der Waals surface area contributed by atoms with Gasteiger partial charge in [-0.3, -0.25) is 9.59 Å². The summed E-state index contributed by atoms with van der Waals surface area (Å²) in [6.45, 7) is 12.0. The molecular weight excluding hydrogens is 376 g/mol. The van der Waals surface area contributed by atoms with Crippen LogP contribution in [0.2, 0.25) is 0 Å². The van der Waals surface area contributed by atoms with Crippen LogP contribution >= 0.6 is 0 Å². The second-order valence-electron chi connectivity index (χ2n) is 8.04. The predicted molar refractivity (Wildman–Crippen MR) is 120 cm³/mol. The Bertz CT molecular complexity index is 878. The molecule has 0 aliphatic rings. The number of aryl methyl sites for hydroxylation is 3. The van der Waals surface area contributed by atoms with Gasteiger partial charge in [0, 0.05) is 12.6 Å². The van der Waals surface area contributed by atoms with Gasteiger partial charge < -0.3 is 15.0 Å². The minimum absolute atomic E-state index is 0.0580. The molecule has 5 nitrogen and oxygen atoms in total. The standard InChI is InChI=1S/C25H34N2O3/c1-7-20(5)26-25(29)21(6)27(15-22-10-8-9-17(2)13-22)24(28)16-30-23-12-11-18(3)19(4)14-23/h8-14,20-21H,7,15-16H2,1-6H3,(H,26,29)/t20-,21+/m1/s1. The fourth-order valence-corrected chi connectivity index (χ4v) is 3.09. The lowest BCUT2D eigenvalue weighted by atomic mass is 10.1. The van der Waals surface area contributed by atoms with Crippen LogP contribution in [0, 0.1) is 20.8 Å². The van der Waals surface area contributed by atoms with Gasteiger partial charge in [-0.25, -0.2) is 0 Å². The third-order valence-electron chi connectivity index (χ3n) is 5.44. The van der Waals surface area contributed by atoms with Crippen LogP contribution in [0.25, 0.3) is 0 Å². The van der Waals surface area contributed by atoms with Gasteiger partial charge in [-0.05, 0) is 69.9 Å². The molecule has 0 fully saturated rings. The Morgan fingerprint density at radius 3 is 2.40 bits per heavy atom. The van der Waals surface area contributed by atoms with Crippen molar-refractivity contribution >= 4 is 11.8 Å². The highest BCUT2D eigenvalue weighted by Gasteiger charge is 2.27. The van der Waals surface area contributed by atoms with Crippen LogP contribution in [0.4, 0.5) is 0 Å². The normalized spacial score (nSPS) is 12.7. The molecule has 0 radical (unpaired) electrons. The van der Waals surface area contributed by atoms with Gasteiger partial charge in [-0.2, -0.15) is 0 Å². The lowest BCUT2D eigenvalue weighted by Gasteiger charge is -2.29. The summed E-state index contributed by atoms with van der Waals surface area (Å²) in [5, 5.41) is 2.98. The van der Waals surface area contributed by atoms with Crippen molar-refractivity contribution in [2.75, 3.05) is 6.61 Å². The molecular formula is C25H34N2O3. The van der Waals surface area contributed by atoms with E-state index in [0.29, 0.717) is 12.3 Å². The first-order valence-electron chi connectivity index (χ1n) is 10.6. The number of hydrogen-bond donors (Lipinski definition) is 1. The summed E-state index contributed by atoms with van der Waals surface area (Å²) >= 11 is 0. The van der Waals surface area contributed by atoms with Crippen LogP contribution in [0.3, 0.4) is 0 Å². The maximum atomic E-state index is 13.1. The summed E-state index contributed by atoms with van der Waals surface area (Å²) in [4.78, 5) is 27.4. The summed E-state index contributed by atoms with van der Waals surface area (Å²) < 4.78 is 5.76. The van der Waals surface area contributed by atoms with E-state index in [-0.39, 0.29) is 24.5 Å². The molecule has 1 N–H and O–H groups in total. The number of carbonyl (C=O) groups is 2. The smallest absolute Gasteiger partial charge is 0.261 e. The van der Waals surface area contributed by atoms with Crippen LogP contribution in [0.5, 0.6) is 5.75 Å². The van der Waals surface area contributed by atoms with Gasteiger partial charge in [0.15, 0.2) is 6.61 Å². The maximum absolute atomic E-state index is 13.1. The Labute approximate surface area is 180 Å². The molecule has 162 valence electrons. The third kappa shape index (κ3) is 6.61. The fraction of sp³-hybridized carbons (Fsp3) is 0.440. The fourth-order valence-electron chi connectivity index (χ4n) is 3.09. The summed E-state index contributed by atoms with van der Waals surface area (Å²) in [5.41, 5.74) is 4.38. The van der Waals surface area contributed by atoms with Crippen molar-refractivity contribution in [1.82, 2.24) is 10.2 Å². The van der Waals surface area contributed by atoms with E-state index in [4.69, 9.17) is 4.74 Å². The molecule has 0 unspecified atom stereocenters. The van der Waals surface area contributed by atoms with E-state index in [2.05, 4.69) is 5.32 Å². The lowest BCUT2D eigenvalue weighted by Crippen LogP contribution is -2.50. The van der Waals surface area contributed by atoms with E-state index in [0.717, 1.165) is 23.1 Å². The zero-order chi connectivity index (χ0) is 22.3. The molecule has 0 aromatic heterocycles. The first-order valence-corrected chi connectivity index (χ1v) is 10.6. The number of carbonyl (C=O) groups excluding carboxylic acids is 2. The average molecular weight is 411 g/mol. The molecule has 2 aromatic rings. The summed E-state index contributed by atoms with van der Waals surface area (Å²) in [6.07, 6.45) is 0.834. The highest BCUT2D eigenvalue weighted by atomic mass is 16.5. The number of benzene rings is 2. The van der Waals surface area contributed by atoms with Gasteiger partial charge in [0.2, 0.25) is 5.91 Å². The Kier molecular flexibility index (Phi) is 8.46. The van der Waals surface area contributed by atoms with E-state index in [1.165, 1.54) is 5.56 Å². The second kappa shape index (κ2) is 10.8. The number of nitrogens with zero attached hydrogens (tertiary/aromatic N) is 1. The quantitative estimate of drug-likeness (QED) is 0.670. The zero-order valence-electron chi connectivity index (χ0n) is 19.0. The van der Waals surface area contributed by atoms with Gasteiger partial charge in [-0.15, -0.1) is 0 Å². The highest BCUT2D eigenvalue weighted by Crippen LogP contribution is 2.17. The number of ether oxygens (including phenoxy) is 1. The number of amides is 2. The van der Waals surface area contributed by atoms with E-state index in [1.807, 2.05) is 77.1 Å². The molecule has 0 bridgehead atoms. The van der Waals surface area contributed by atoms with Gasteiger partial charge in [0.05, 0.1) is 0 Å². The molecule has 30 heavy (non-hydrogen) atoms. The van der Waals surface area contributed by atoms with Crippen molar-refractivity contribution in [2.24, 2.45) is 0 Å². The Balaban J connectivity index is 2.16. The van der Waals surface area contributed by atoms with Gasteiger partial charge >= 0.3 is 0 Å². The van der Waals surface area contributed by atoms with Crippen molar-refractivity contribution in [3.05, 3.63) is 64.7 Å². The molecule has 0 aliphatic heterocycles. The third-order valence-corrected chi connectivity index (χ3v) is 5.44. The molecule has 0 aliphatic carbocycles. The molecule has 0 saturated carbocycles. The van der Waals surface area contributed by atoms with Crippen molar-refractivity contribution in [1.29, 1.82) is 0 Å². The Morgan fingerprint density at radius 1 is 1.03 bits per heavy atom. The first kappa shape index (κ1) is 23.5. The van der Waals surface area contributed by atoms with Crippen LogP contribution in [0.15, 0.2) is 42.5 Å². The van der Waals surface area contributed by atoms with Crippen LogP contribution in [-0.4, -0.2) is 35.4 Å². The lowest BCUT2D eigenvalue weighted by molar-refractivity contribution is -0.142. The molecule has 2 atom stereocenters. The van der Waals surface area contributed by atoms with Crippen LogP contribution < -0.4 is 10.1 Å². The van der Waals surface area contributed by atoms with Crippen LogP contribution in [-0.2, 0) is 16.1 Å². The number of nitrogens with one attached hydrogen (secondary N) is 1. The monoisotopic (exact) mass is 410 g/mol. The summed E-state index contributed by atoms with van der Waals surface area (Å²) in [7, 11) is 0. The van der Waals surface area contributed by atoms with E-state index in [1.54, 1.807) is 11.8 Å². The van der Waals surface area contributed by atoms with Gasteiger partial charge in [0.1, 0.15) is 11.8 Å². The molecule has 2 amide bonds. The molecule has 2 aromatic carbocycles. The van der Waals surface area contributed by atoms with Crippen LogP contribution in [0.1, 0.15) is 49.4 Å². The zero-order valence-corrected chi connectivity index (χ0v) is 19.0. The Morgan fingerprint density at radius 2 is 1.77 bits per heavy atom. The van der Waals surface area contributed by atoms with E-state index >= 15 is 0 Å². The number of hydrogen-bond acceptors (Lipinski definition) is 3. The maximum Gasteiger partial charge on any atom is 0.261 e. The Hall–Kier alpha value is -2.82. The molecule has 0 spiro atoms. The molecule has 0 saturated heterocycles. The molecule has 2 rings (SSSR count). The van der Waals surface area contributed by atoms with E-state index in [9.17, 15) is 9.59 Å². The molecule has 5 heteroatoms. The summed E-state index contributed by atoms with van der Waals surface area (Å²) in [6, 6.07) is 13.2. The predicted octanol–water partition coefficient (Wildman–Crippen LogP) is 4.32. The summed E-state index contributed by atoms with van der Waals surface area (Å²) in [5.74, 6) is 0.275. The minimum Gasteiger partial charge on any atom is -0.484 e.